The first-order chi connectivity index (χ1) is 7.24. The van der Waals surface area contributed by atoms with Gasteiger partial charge in [-0.15, -0.1) is 0 Å². The van der Waals surface area contributed by atoms with Crippen molar-refractivity contribution in [3.8, 4) is 11.1 Å². The van der Waals surface area contributed by atoms with E-state index in [1.807, 2.05) is 6.92 Å². The molecule has 0 saturated heterocycles. The van der Waals surface area contributed by atoms with Gasteiger partial charge in [0.05, 0.1) is 5.56 Å². The molecule has 0 unspecified atom stereocenters. The molecule has 2 aromatic rings. The van der Waals surface area contributed by atoms with Gasteiger partial charge in [0.2, 0.25) is 0 Å². The van der Waals surface area contributed by atoms with E-state index in [2.05, 4.69) is 5.16 Å². The van der Waals surface area contributed by atoms with Gasteiger partial charge in [0.15, 0.2) is 5.82 Å². The Kier molecular flexibility index (Phi) is 2.41. The second kappa shape index (κ2) is 3.73. The Hall–Kier alpha value is -1.84. The zero-order valence-corrected chi connectivity index (χ0v) is 8.33. The zero-order valence-electron chi connectivity index (χ0n) is 8.33. The summed E-state index contributed by atoms with van der Waals surface area (Å²) in [5.74, 6) is 0.525. The van der Waals surface area contributed by atoms with Crippen LogP contribution in [0.15, 0.2) is 28.8 Å². The van der Waals surface area contributed by atoms with Crippen molar-refractivity contribution in [2.45, 2.75) is 13.3 Å². The molecule has 3 nitrogen and oxygen atoms in total. The van der Waals surface area contributed by atoms with Gasteiger partial charge in [0.25, 0.3) is 0 Å². The lowest BCUT2D eigenvalue weighted by Crippen LogP contribution is -1.92. The number of anilines is 1. The maximum Gasteiger partial charge on any atom is 0.175 e. The molecule has 0 fully saturated rings. The van der Waals surface area contributed by atoms with Crippen molar-refractivity contribution in [1.29, 1.82) is 0 Å². The number of rotatable bonds is 2. The molecule has 0 amide bonds. The van der Waals surface area contributed by atoms with Crippen LogP contribution in [-0.2, 0) is 6.42 Å². The van der Waals surface area contributed by atoms with E-state index >= 15 is 0 Å². The molecule has 78 valence electrons. The van der Waals surface area contributed by atoms with E-state index in [0.717, 1.165) is 0 Å². The molecule has 2 rings (SSSR count). The van der Waals surface area contributed by atoms with E-state index in [0.29, 0.717) is 23.3 Å². The van der Waals surface area contributed by atoms with Crippen LogP contribution in [0.2, 0.25) is 0 Å². The molecule has 0 aliphatic carbocycles. The van der Waals surface area contributed by atoms with Gasteiger partial charge in [-0.3, -0.25) is 0 Å². The lowest BCUT2D eigenvalue weighted by Gasteiger charge is -2.01. The highest BCUT2D eigenvalue weighted by Crippen LogP contribution is 2.31. The predicted octanol–water partition coefficient (Wildman–Crippen LogP) is 2.63. The Bertz CT molecular complexity index is 479. The first kappa shape index (κ1) is 9.71. The minimum atomic E-state index is -0.317. The Labute approximate surface area is 86.7 Å². The molecule has 4 heteroatoms. The standard InChI is InChI=1S/C11H11FN2O/c1-2-9-10(11(13)14-15-9)7-5-3-4-6-8(7)12/h3-6H,2H2,1H3,(H2,13,14). The number of nitrogens with zero attached hydrogens (tertiary/aromatic N) is 1. The SMILES string of the molecule is CCc1onc(N)c1-c1ccccc1F. The summed E-state index contributed by atoms with van der Waals surface area (Å²) >= 11 is 0. The van der Waals surface area contributed by atoms with Gasteiger partial charge in [0.1, 0.15) is 11.6 Å². The van der Waals surface area contributed by atoms with Crippen LogP contribution < -0.4 is 5.73 Å². The average Bonchev–Trinajstić information content (AvgIpc) is 2.60. The van der Waals surface area contributed by atoms with Gasteiger partial charge in [-0.25, -0.2) is 4.39 Å². The van der Waals surface area contributed by atoms with E-state index in [1.54, 1.807) is 18.2 Å². The Morgan fingerprint density at radius 1 is 1.40 bits per heavy atom. The lowest BCUT2D eigenvalue weighted by atomic mass is 10.0. The molecule has 0 aliphatic rings. The minimum absolute atomic E-state index is 0.233. The third-order valence-corrected chi connectivity index (χ3v) is 2.25. The quantitative estimate of drug-likeness (QED) is 0.821. The first-order valence-corrected chi connectivity index (χ1v) is 4.73. The summed E-state index contributed by atoms with van der Waals surface area (Å²) in [6.45, 7) is 1.91. The molecule has 2 N–H and O–H groups in total. The van der Waals surface area contributed by atoms with Gasteiger partial charge >= 0.3 is 0 Å². The maximum atomic E-state index is 13.5. The topological polar surface area (TPSA) is 52.0 Å². The van der Waals surface area contributed by atoms with Crippen LogP contribution in [0, 0.1) is 5.82 Å². The van der Waals surface area contributed by atoms with Crippen LogP contribution in [0.25, 0.3) is 11.1 Å². The molecule has 15 heavy (non-hydrogen) atoms. The number of aromatic nitrogens is 1. The fourth-order valence-corrected chi connectivity index (χ4v) is 1.53. The molecule has 0 aliphatic heterocycles. The van der Waals surface area contributed by atoms with Gasteiger partial charge in [-0.2, -0.15) is 0 Å². The summed E-state index contributed by atoms with van der Waals surface area (Å²) in [6, 6.07) is 6.44. The second-order valence-electron chi connectivity index (χ2n) is 3.20. The maximum absolute atomic E-state index is 13.5. The fourth-order valence-electron chi connectivity index (χ4n) is 1.53. The Morgan fingerprint density at radius 2 is 2.13 bits per heavy atom. The number of nitrogens with two attached hydrogens (primary N) is 1. The molecule has 1 heterocycles. The smallest absolute Gasteiger partial charge is 0.175 e. The van der Waals surface area contributed by atoms with Crippen molar-refractivity contribution in [1.82, 2.24) is 5.16 Å². The molecule has 0 radical (unpaired) electrons. The summed E-state index contributed by atoms with van der Waals surface area (Å²) in [6.07, 6.45) is 0.633. The van der Waals surface area contributed by atoms with E-state index in [1.165, 1.54) is 6.07 Å². The number of halogens is 1. The zero-order chi connectivity index (χ0) is 10.8. The van der Waals surface area contributed by atoms with Crippen molar-refractivity contribution in [3.63, 3.8) is 0 Å². The molecule has 0 atom stereocenters. The van der Waals surface area contributed by atoms with Crippen molar-refractivity contribution < 1.29 is 8.91 Å². The summed E-state index contributed by atoms with van der Waals surface area (Å²) < 4.78 is 18.5. The van der Waals surface area contributed by atoms with Crippen LogP contribution in [0.1, 0.15) is 12.7 Å². The van der Waals surface area contributed by atoms with E-state index in [-0.39, 0.29) is 11.6 Å². The highest BCUT2D eigenvalue weighted by Gasteiger charge is 2.16. The average molecular weight is 206 g/mol. The van der Waals surface area contributed by atoms with Crippen molar-refractivity contribution in [3.05, 3.63) is 35.8 Å². The molecule has 1 aromatic carbocycles. The van der Waals surface area contributed by atoms with Gasteiger partial charge in [-0.1, -0.05) is 30.3 Å². The molecule has 0 saturated carbocycles. The van der Waals surface area contributed by atoms with E-state index in [9.17, 15) is 4.39 Å². The molecule has 1 aromatic heterocycles. The van der Waals surface area contributed by atoms with Crippen LogP contribution in [0.3, 0.4) is 0 Å². The normalized spacial score (nSPS) is 10.5. The largest absolute Gasteiger partial charge is 0.380 e. The van der Waals surface area contributed by atoms with Gasteiger partial charge in [0, 0.05) is 12.0 Å². The summed E-state index contributed by atoms with van der Waals surface area (Å²) in [5, 5.41) is 3.64. The second-order valence-corrected chi connectivity index (χ2v) is 3.20. The van der Waals surface area contributed by atoms with Crippen molar-refractivity contribution in [2.24, 2.45) is 0 Å². The number of benzene rings is 1. The fraction of sp³-hybridized carbons (Fsp3) is 0.182. The summed E-state index contributed by atoms with van der Waals surface area (Å²) in [5.41, 5.74) is 6.65. The third-order valence-electron chi connectivity index (χ3n) is 2.25. The van der Waals surface area contributed by atoms with E-state index < -0.39 is 0 Å². The summed E-state index contributed by atoms with van der Waals surface area (Å²) in [7, 11) is 0. The van der Waals surface area contributed by atoms with Gasteiger partial charge in [-0.05, 0) is 6.07 Å². The molecule has 0 spiro atoms. The predicted molar refractivity (Wildman–Crippen MR) is 55.7 cm³/mol. The Balaban J connectivity index is 2.63. The van der Waals surface area contributed by atoms with Crippen molar-refractivity contribution >= 4 is 5.82 Å². The monoisotopic (exact) mass is 206 g/mol. The minimum Gasteiger partial charge on any atom is -0.380 e. The highest BCUT2D eigenvalue weighted by molar-refractivity contribution is 5.75. The van der Waals surface area contributed by atoms with Crippen LogP contribution in [0.4, 0.5) is 10.2 Å². The first-order valence-electron chi connectivity index (χ1n) is 4.73. The van der Waals surface area contributed by atoms with Crippen LogP contribution in [0.5, 0.6) is 0 Å². The molecular formula is C11H11FN2O. The van der Waals surface area contributed by atoms with Crippen molar-refractivity contribution in [2.75, 3.05) is 5.73 Å². The number of hydrogen-bond acceptors (Lipinski definition) is 3. The summed E-state index contributed by atoms with van der Waals surface area (Å²) in [4.78, 5) is 0. The third kappa shape index (κ3) is 1.58. The number of aryl methyl sites for hydroxylation is 1. The Morgan fingerprint density at radius 3 is 2.80 bits per heavy atom. The highest BCUT2D eigenvalue weighted by atomic mass is 19.1. The van der Waals surface area contributed by atoms with Crippen LogP contribution in [-0.4, -0.2) is 5.16 Å². The van der Waals surface area contributed by atoms with E-state index in [4.69, 9.17) is 10.3 Å². The molecule has 0 bridgehead atoms. The number of nitrogen functional groups attached to an aromatic ring is 1. The molecular weight excluding hydrogens is 195 g/mol. The lowest BCUT2D eigenvalue weighted by molar-refractivity contribution is 0.390. The van der Waals surface area contributed by atoms with Crippen LogP contribution >= 0.6 is 0 Å². The van der Waals surface area contributed by atoms with Gasteiger partial charge < -0.3 is 10.3 Å². The number of hydrogen-bond donors (Lipinski definition) is 1.